The molecule has 0 aliphatic rings. The van der Waals surface area contributed by atoms with Gasteiger partial charge in [-0.1, -0.05) is 18.2 Å². The zero-order chi connectivity index (χ0) is 8.20. The molecule has 7 heavy (non-hydrogen) atoms. The lowest BCUT2D eigenvalue weighted by molar-refractivity contribution is 1.55. The first kappa shape index (κ1) is 2.46. The van der Waals surface area contributed by atoms with Gasteiger partial charge in [-0.25, -0.2) is 0 Å². The monoisotopic (exact) mass is 98.1 g/mol. The van der Waals surface area contributed by atoms with Gasteiger partial charge in [-0.2, -0.15) is 0 Å². The van der Waals surface area contributed by atoms with Gasteiger partial charge in [-0.15, -0.1) is 0 Å². The fourth-order valence-electron chi connectivity index (χ4n) is 0.164. The minimum atomic E-state index is -2.13. The Morgan fingerprint density at radius 1 is 2.00 bits per heavy atom. The van der Waals surface area contributed by atoms with Gasteiger partial charge in [0.15, 0.2) is 0 Å². The largest absolute Gasteiger partial charge is 0.309 e. The second-order valence-electron chi connectivity index (χ2n) is 1.05. The third kappa shape index (κ3) is 5.15. The first-order chi connectivity index (χ1) is 4.48. The summed E-state index contributed by atoms with van der Waals surface area (Å²) in [6.07, 6.45) is 3.64. The Morgan fingerprint density at radius 3 is 3.14 bits per heavy atom. The molecule has 0 unspecified atom stereocenters. The van der Waals surface area contributed by atoms with Crippen molar-refractivity contribution in [2.75, 3.05) is 0 Å². The smallest absolute Gasteiger partial charge is 0.0279 e. The third-order valence-corrected chi connectivity index (χ3v) is 0.394. The molecule has 0 heterocycles. The van der Waals surface area contributed by atoms with Crippen molar-refractivity contribution in [1.82, 2.24) is 0 Å². The summed E-state index contributed by atoms with van der Waals surface area (Å²) in [5.74, 6) is 0. The molecular weight excluding hydrogens is 86.1 g/mol. The van der Waals surface area contributed by atoms with E-state index < -0.39 is 6.85 Å². The molecule has 1 heteroatoms. The predicted octanol–water partition coefficient (Wildman–Crippen LogP) is 1.77. The van der Waals surface area contributed by atoms with Crippen molar-refractivity contribution >= 4 is 6.21 Å². The highest BCUT2D eigenvalue weighted by Crippen LogP contribution is 1.84. The molecule has 0 atom stereocenters. The van der Waals surface area contributed by atoms with Gasteiger partial charge in [0.2, 0.25) is 0 Å². The molecule has 0 aliphatic heterocycles. The van der Waals surface area contributed by atoms with Crippen LogP contribution in [0, 0.1) is 5.41 Å². The molecule has 0 aliphatic carbocycles. The summed E-state index contributed by atoms with van der Waals surface area (Å²) in [7, 11) is 0. The summed E-state index contributed by atoms with van der Waals surface area (Å²) in [4.78, 5) is 0. The molecule has 1 N–H and O–H groups in total. The SMILES string of the molecule is [2H]C([2H])([2H])C(=C)/C=C\C=N. The first-order valence-electron chi connectivity index (χ1n) is 3.35. The highest BCUT2D eigenvalue weighted by atomic mass is 14.3. The molecule has 0 saturated heterocycles. The second kappa shape index (κ2) is 3.34. The van der Waals surface area contributed by atoms with Crippen molar-refractivity contribution in [3.63, 3.8) is 0 Å². The zero-order valence-electron chi connectivity index (χ0n) is 6.94. The lowest BCUT2D eigenvalue weighted by atomic mass is 10.3. The van der Waals surface area contributed by atoms with E-state index in [1.165, 1.54) is 12.2 Å². The van der Waals surface area contributed by atoms with Gasteiger partial charge < -0.3 is 5.41 Å². The van der Waals surface area contributed by atoms with Crippen molar-refractivity contribution in [2.45, 2.75) is 6.85 Å². The van der Waals surface area contributed by atoms with Gasteiger partial charge in [0.1, 0.15) is 0 Å². The molecule has 0 spiro atoms. The van der Waals surface area contributed by atoms with Gasteiger partial charge in [-0.05, 0) is 12.9 Å². The van der Waals surface area contributed by atoms with Crippen molar-refractivity contribution < 1.29 is 4.11 Å². The normalized spacial score (nSPS) is 17.4. The molecule has 0 radical (unpaired) electrons. The average Bonchev–Trinajstić information content (AvgIpc) is 1.80. The van der Waals surface area contributed by atoms with Gasteiger partial charge in [0.05, 0.1) is 0 Å². The Bertz CT molecular complexity index is 166. The molecule has 0 bridgehead atoms. The van der Waals surface area contributed by atoms with E-state index in [1.807, 2.05) is 0 Å². The third-order valence-electron chi connectivity index (χ3n) is 0.394. The summed E-state index contributed by atoms with van der Waals surface area (Å²) < 4.78 is 20.5. The van der Waals surface area contributed by atoms with Gasteiger partial charge in [0.25, 0.3) is 0 Å². The maximum Gasteiger partial charge on any atom is 0.0279 e. The Labute approximate surface area is 48.1 Å². The highest BCUT2D eigenvalue weighted by molar-refractivity contribution is 5.68. The summed E-state index contributed by atoms with van der Waals surface area (Å²) in [6, 6.07) is 0. The van der Waals surface area contributed by atoms with Crippen LogP contribution in [0.2, 0.25) is 0 Å². The van der Waals surface area contributed by atoms with Crippen LogP contribution in [0.15, 0.2) is 24.3 Å². The minimum Gasteiger partial charge on any atom is -0.309 e. The van der Waals surface area contributed by atoms with Crippen LogP contribution < -0.4 is 0 Å². The van der Waals surface area contributed by atoms with Crippen molar-refractivity contribution in [3.8, 4) is 0 Å². The number of rotatable bonds is 2. The molecule has 0 aromatic heterocycles. The van der Waals surface area contributed by atoms with Crippen molar-refractivity contribution in [1.29, 1.82) is 5.41 Å². The molecule has 0 fully saturated rings. The lowest BCUT2D eigenvalue weighted by Crippen LogP contribution is -1.60. The Balaban J connectivity index is 4.11. The van der Waals surface area contributed by atoms with Crippen LogP contribution >= 0.6 is 0 Å². The Kier molecular flexibility index (Phi) is 1.17. The molecule has 0 rings (SSSR count). The maximum atomic E-state index is 6.82. The van der Waals surface area contributed by atoms with E-state index in [-0.39, 0.29) is 5.57 Å². The van der Waals surface area contributed by atoms with Crippen LogP contribution in [-0.2, 0) is 0 Å². The van der Waals surface area contributed by atoms with E-state index in [2.05, 4.69) is 6.58 Å². The van der Waals surface area contributed by atoms with Crippen molar-refractivity contribution in [3.05, 3.63) is 24.3 Å². The number of nitrogens with one attached hydrogen (secondary N) is 1. The summed E-state index contributed by atoms with van der Waals surface area (Å²) in [5.41, 5.74) is 0.0519. The molecular formula is C6H9N. The van der Waals surface area contributed by atoms with Crippen LogP contribution in [0.1, 0.15) is 11.0 Å². The van der Waals surface area contributed by atoms with Crippen LogP contribution in [0.3, 0.4) is 0 Å². The fraction of sp³-hybridized carbons (Fsp3) is 0.167. The Hall–Kier alpha value is -0.850. The van der Waals surface area contributed by atoms with Crippen LogP contribution in [-0.4, -0.2) is 6.21 Å². The number of allylic oxidation sites excluding steroid dienone is 3. The average molecular weight is 98.2 g/mol. The minimum absolute atomic E-state index is 0.0519. The second-order valence-corrected chi connectivity index (χ2v) is 1.05. The van der Waals surface area contributed by atoms with Gasteiger partial charge in [-0.3, -0.25) is 0 Å². The molecule has 1 nitrogen and oxygen atoms in total. The van der Waals surface area contributed by atoms with E-state index in [1.54, 1.807) is 0 Å². The maximum absolute atomic E-state index is 6.82. The van der Waals surface area contributed by atoms with E-state index in [4.69, 9.17) is 9.52 Å². The summed E-state index contributed by atoms with van der Waals surface area (Å²) >= 11 is 0. The molecule has 0 aromatic rings. The van der Waals surface area contributed by atoms with E-state index in [9.17, 15) is 0 Å². The highest BCUT2D eigenvalue weighted by Gasteiger charge is 1.66. The van der Waals surface area contributed by atoms with Gasteiger partial charge in [0, 0.05) is 10.3 Å². The lowest BCUT2D eigenvalue weighted by Gasteiger charge is -1.76. The van der Waals surface area contributed by atoms with E-state index in [0.29, 0.717) is 0 Å². The molecule has 38 valence electrons. The fourth-order valence-corrected chi connectivity index (χ4v) is 0.164. The van der Waals surface area contributed by atoms with Gasteiger partial charge >= 0.3 is 0 Å². The quantitative estimate of drug-likeness (QED) is 0.402. The number of hydrogen-bond donors (Lipinski definition) is 1. The van der Waals surface area contributed by atoms with Crippen LogP contribution in [0.4, 0.5) is 0 Å². The first-order valence-corrected chi connectivity index (χ1v) is 1.85. The standard InChI is InChI=1S/C6H9N/c1-6(2)4-3-5-7/h3-5,7H,1H2,2H3/b4-3-,7-5?/i2D3. The Morgan fingerprint density at radius 2 is 2.71 bits per heavy atom. The zero-order valence-corrected chi connectivity index (χ0v) is 3.94. The predicted molar refractivity (Wildman–Crippen MR) is 32.7 cm³/mol. The topological polar surface area (TPSA) is 23.9 Å². The summed E-state index contributed by atoms with van der Waals surface area (Å²) in [6.45, 7) is 1.19. The van der Waals surface area contributed by atoms with Crippen LogP contribution in [0.5, 0.6) is 0 Å². The van der Waals surface area contributed by atoms with E-state index >= 15 is 0 Å². The van der Waals surface area contributed by atoms with Crippen LogP contribution in [0.25, 0.3) is 0 Å². The summed E-state index contributed by atoms with van der Waals surface area (Å²) in [5, 5.41) is 6.56. The number of hydrogen-bond acceptors (Lipinski definition) is 1. The molecule has 0 amide bonds. The van der Waals surface area contributed by atoms with Crippen molar-refractivity contribution in [2.24, 2.45) is 0 Å². The van der Waals surface area contributed by atoms with E-state index in [0.717, 1.165) is 6.21 Å². The molecule has 0 aromatic carbocycles. The molecule has 0 saturated carbocycles.